The smallest absolute Gasteiger partial charge is 0.410 e. The number of nitrogens with one attached hydrogen (secondary N) is 3. The lowest BCUT2D eigenvalue weighted by atomic mass is 9.88. The van der Waals surface area contributed by atoms with Crippen LogP contribution in [0.5, 0.6) is 5.75 Å². The molecule has 2 aromatic rings. The summed E-state index contributed by atoms with van der Waals surface area (Å²) in [6, 6.07) is 13.5. The number of likely N-dealkylation sites (tertiary alicyclic amines) is 1. The highest BCUT2D eigenvalue weighted by Gasteiger charge is 2.46. The van der Waals surface area contributed by atoms with Gasteiger partial charge in [0.2, 0.25) is 17.7 Å². The summed E-state index contributed by atoms with van der Waals surface area (Å²) in [5.41, 5.74) is 1.06. The van der Waals surface area contributed by atoms with E-state index in [1.807, 2.05) is 83.1 Å². The highest BCUT2D eigenvalue weighted by molar-refractivity contribution is 5.91. The van der Waals surface area contributed by atoms with E-state index in [0.717, 1.165) is 23.1 Å². The highest BCUT2D eigenvalue weighted by atomic mass is 16.6. The van der Waals surface area contributed by atoms with Crippen LogP contribution in [0.25, 0.3) is 0 Å². The molecule has 12 heteroatoms. The number of amides is 4. The van der Waals surface area contributed by atoms with Gasteiger partial charge >= 0.3 is 12.1 Å². The summed E-state index contributed by atoms with van der Waals surface area (Å²) in [6.45, 7) is 17.1. The van der Waals surface area contributed by atoms with Crippen molar-refractivity contribution >= 4 is 29.8 Å². The third kappa shape index (κ3) is 13.8. The molecule has 0 aliphatic carbocycles. The third-order valence-electron chi connectivity index (χ3n) is 8.65. The number of nitrogens with zero attached hydrogens (tertiary/aromatic N) is 1. The fraction of sp³-hybridized carbons (Fsp3) is 0.575. The Bertz CT molecular complexity index is 1550. The van der Waals surface area contributed by atoms with Crippen LogP contribution < -0.4 is 20.7 Å². The minimum atomic E-state index is -0.938. The summed E-state index contributed by atoms with van der Waals surface area (Å²) >= 11 is 0. The molecule has 52 heavy (non-hydrogen) atoms. The molecule has 0 radical (unpaired) electrons. The van der Waals surface area contributed by atoms with Crippen LogP contribution in [0.3, 0.4) is 0 Å². The fourth-order valence-corrected chi connectivity index (χ4v) is 5.71. The first-order valence-electron chi connectivity index (χ1n) is 18.1. The number of aryl methyl sites for hydroxylation is 2. The molecule has 1 aliphatic rings. The number of benzene rings is 2. The summed E-state index contributed by atoms with van der Waals surface area (Å²) in [6.07, 6.45) is 1.86. The van der Waals surface area contributed by atoms with Gasteiger partial charge in [-0.1, -0.05) is 36.4 Å². The Hall–Kier alpha value is -4.61. The Balaban J connectivity index is 1.67. The average molecular weight is 723 g/mol. The van der Waals surface area contributed by atoms with E-state index < -0.39 is 40.6 Å². The number of carbonyl (C=O) groups is 5. The fourth-order valence-electron chi connectivity index (χ4n) is 5.71. The zero-order valence-electron chi connectivity index (χ0n) is 32.4. The van der Waals surface area contributed by atoms with Crippen LogP contribution in [0.2, 0.25) is 0 Å². The highest BCUT2D eigenvalue weighted by Crippen LogP contribution is 2.33. The van der Waals surface area contributed by atoms with Crippen molar-refractivity contribution < 1.29 is 38.2 Å². The molecule has 3 N–H and O–H groups in total. The number of rotatable bonds is 16. The molecule has 2 aromatic carbocycles. The molecule has 1 saturated heterocycles. The topological polar surface area (TPSA) is 152 Å². The Morgan fingerprint density at radius 3 is 2.12 bits per heavy atom. The van der Waals surface area contributed by atoms with Gasteiger partial charge in [-0.25, -0.2) is 4.79 Å². The minimum Gasteiger partial charge on any atom is -0.491 e. The normalized spacial score (nSPS) is 16.8. The quantitative estimate of drug-likeness (QED) is 0.192. The van der Waals surface area contributed by atoms with Crippen molar-refractivity contribution in [3.63, 3.8) is 0 Å². The summed E-state index contributed by atoms with van der Waals surface area (Å²) in [4.78, 5) is 65.9. The first kappa shape index (κ1) is 41.8. The SMILES string of the molecule is CC(=O)N[C@@H](CCCC(=O)OC(C)(C)C)C(=O)N[C@@H](CCc1ccccc1)C(=O)NCc1cc(OCC2(C)CCN2C(=O)OC(C)(C)C)ccc1C. The van der Waals surface area contributed by atoms with Crippen molar-refractivity contribution in [2.75, 3.05) is 13.2 Å². The van der Waals surface area contributed by atoms with Gasteiger partial charge in [0, 0.05) is 26.4 Å². The third-order valence-corrected chi connectivity index (χ3v) is 8.65. The summed E-state index contributed by atoms with van der Waals surface area (Å²) < 4.78 is 17.1. The lowest BCUT2D eigenvalue weighted by Crippen LogP contribution is -2.63. The molecule has 3 atom stereocenters. The van der Waals surface area contributed by atoms with Gasteiger partial charge in [-0.15, -0.1) is 0 Å². The Morgan fingerprint density at radius 2 is 1.52 bits per heavy atom. The maximum absolute atomic E-state index is 13.7. The number of hydrogen-bond donors (Lipinski definition) is 3. The first-order chi connectivity index (χ1) is 24.2. The largest absolute Gasteiger partial charge is 0.491 e. The van der Waals surface area contributed by atoms with Gasteiger partial charge in [0.25, 0.3) is 0 Å². The second-order valence-corrected chi connectivity index (χ2v) is 15.8. The number of ether oxygens (including phenoxy) is 3. The van der Waals surface area contributed by atoms with Crippen molar-refractivity contribution in [2.24, 2.45) is 0 Å². The molecule has 286 valence electrons. The Kier molecular flexibility index (Phi) is 14.7. The summed E-state index contributed by atoms with van der Waals surface area (Å²) in [5, 5.41) is 8.50. The molecular weight excluding hydrogens is 664 g/mol. The first-order valence-corrected chi connectivity index (χ1v) is 18.1. The van der Waals surface area contributed by atoms with Gasteiger partial charge in [0.05, 0.1) is 5.54 Å². The Morgan fingerprint density at radius 1 is 0.865 bits per heavy atom. The van der Waals surface area contributed by atoms with E-state index in [9.17, 15) is 24.0 Å². The number of carbonyl (C=O) groups excluding carboxylic acids is 5. The molecule has 1 aliphatic heterocycles. The molecule has 0 aromatic heterocycles. The molecule has 4 amide bonds. The van der Waals surface area contributed by atoms with Gasteiger partial charge in [0.1, 0.15) is 35.6 Å². The van der Waals surface area contributed by atoms with Crippen LogP contribution in [-0.2, 0) is 41.6 Å². The molecule has 12 nitrogen and oxygen atoms in total. The van der Waals surface area contributed by atoms with E-state index in [1.165, 1.54) is 6.92 Å². The number of esters is 1. The second-order valence-electron chi connectivity index (χ2n) is 15.8. The van der Waals surface area contributed by atoms with Crippen molar-refractivity contribution in [3.8, 4) is 5.75 Å². The molecule has 1 fully saturated rings. The molecular formula is C40H58N4O8. The predicted molar refractivity (Wildman–Crippen MR) is 198 cm³/mol. The predicted octanol–water partition coefficient (Wildman–Crippen LogP) is 5.52. The van der Waals surface area contributed by atoms with Crippen molar-refractivity contribution in [1.29, 1.82) is 0 Å². The van der Waals surface area contributed by atoms with Crippen molar-refractivity contribution in [1.82, 2.24) is 20.9 Å². The molecule has 1 heterocycles. The summed E-state index contributed by atoms with van der Waals surface area (Å²) in [5.74, 6) is -1.07. The average Bonchev–Trinajstić information content (AvgIpc) is 3.02. The number of hydrogen-bond acceptors (Lipinski definition) is 8. The minimum absolute atomic E-state index is 0.0852. The van der Waals surface area contributed by atoms with Gasteiger partial charge in [-0.3, -0.25) is 24.1 Å². The van der Waals surface area contributed by atoms with Crippen LogP contribution in [0.1, 0.15) is 104 Å². The maximum atomic E-state index is 13.7. The van der Waals surface area contributed by atoms with Gasteiger partial charge in [-0.2, -0.15) is 0 Å². The molecule has 0 bridgehead atoms. The van der Waals surface area contributed by atoms with E-state index in [4.69, 9.17) is 14.2 Å². The van der Waals surface area contributed by atoms with Gasteiger partial charge in [0.15, 0.2) is 0 Å². The molecule has 0 spiro atoms. The standard InChI is InChI=1S/C40H58N4O8/c1-27-18-20-31(50-26-40(9)22-23-44(40)37(49)52-39(6,7)8)24-30(27)25-41-35(47)33(21-19-29-14-11-10-12-15-29)43-36(48)32(42-28(2)45)16-13-17-34(46)51-38(3,4)5/h10-12,14-15,18,20,24,32-33H,13,16-17,19,21-23,25-26H2,1-9H3,(H,41,47)(H,42,45)(H,43,48)/t32-,33-,40?/m0/s1. The van der Waals surface area contributed by atoms with Crippen LogP contribution >= 0.6 is 0 Å². The van der Waals surface area contributed by atoms with Crippen molar-refractivity contribution in [3.05, 3.63) is 65.2 Å². The molecule has 3 rings (SSSR count). The van der Waals surface area contributed by atoms with Gasteiger partial charge < -0.3 is 30.2 Å². The Labute approximate surface area is 308 Å². The zero-order chi connectivity index (χ0) is 38.7. The van der Waals surface area contributed by atoms with Crippen LogP contribution in [0.4, 0.5) is 4.79 Å². The van der Waals surface area contributed by atoms with Crippen molar-refractivity contribution in [2.45, 2.75) is 136 Å². The van der Waals surface area contributed by atoms with E-state index >= 15 is 0 Å². The van der Waals surface area contributed by atoms with Crippen LogP contribution in [0.15, 0.2) is 48.5 Å². The molecule has 1 unspecified atom stereocenters. The van der Waals surface area contributed by atoms with E-state index in [1.54, 1.807) is 25.7 Å². The molecule has 0 saturated carbocycles. The van der Waals surface area contributed by atoms with Crippen LogP contribution in [0, 0.1) is 6.92 Å². The van der Waals surface area contributed by atoms with E-state index in [2.05, 4.69) is 16.0 Å². The summed E-state index contributed by atoms with van der Waals surface area (Å²) in [7, 11) is 0. The monoisotopic (exact) mass is 722 g/mol. The second kappa shape index (κ2) is 18.2. The van der Waals surface area contributed by atoms with Crippen LogP contribution in [-0.4, -0.2) is 76.7 Å². The maximum Gasteiger partial charge on any atom is 0.410 e. The lowest BCUT2D eigenvalue weighted by molar-refractivity contribution is -0.155. The van der Waals surface area contributed by atoms with E-state index in [-0.39, 0.29) is 44.0 Å². The lowest BCUT2D eigenvalue weighted by Gasteiger charge is -2.49. The van der Waals surface area contributed by atoms with E-state index in [0.29, 0.717) is 31.6 Å². The zero-order valence-corrected chi connectivity index (χ0v) is 32.4. The van der Waals surface area contributed by atoms with Gasteiger partial charge in [-0.05, 0) is 116 Å².